The molecule has 0 rings (SSSR count). The van der Waals surface area contributed by atoms with Crippen LogP contribution in [0.15, 0.2) is 0 Å². The van der Waals surface area contributed by atoms with Gasteiger partial charge < -0.3 is 8.85 Å². The molecule has 0 heterocycles. The molecule has 0 atom stereocenters. The maximum Gasteiger partial charge on any atom is 0.343 e. The van der Waals surface area contributed by atoms with Crippen LogP contribution in [0, 0.1) is 0 Å². The maximum atomic E-state index is 5.75. The van der Waals surface area contributed by atoms with Gasteiger partial charge in [0.1, 0.15) is 0 Å². The monoisotopic (exact) mass is 232 g/mol. The van der Waals surface area contributed by atoms with E-state index in [-0.39, 0.29) is 5.04 Å². The van der Waals surface area contributed by atoms with E-state index in [0.717, 1.165) is 6.04 Å². The molecule has 0 radical (unpaired) electrons. The molecule has 0 saturated heterocycles. The first-order valence-electron chi connectivity index (χ1n) is 6.04. The van der Waals surface area contributed by atoms with Crippen molar-refractivity contribution in [2.45, 2.75) is 64.5 Å². The largest absolute Gasteiger partial charge is 0.397 e. The molecule has 0 amide bonds. The first-order valence-corrected chi connectivity index (χ1v) is 8.06. The minimum atomic E-state index is -2.00. The lowest BCUT2D eigenvalue weighted by atomic mass is 10.2. The lowest BCUT2D eigenvalue weighted by molar-refractivity contribution is 0.212. The maximum absolute atomic E-state index is 5.75. The highest BCUT2D eigenvalue weighted by molar-refractivity contribution is 6.70. The average molecular weight is 232 g/mol. The summed E-state index contributed by atoms with van der Waals surface area (Å²) in [5.41, 5.74) is 0. The highest BCUT2D eigenvalue weighted by Gasteiger charge is 2.47. The molecule has 0 aliphatic heterocycles. The molecule has 0 unspecified atom stereocenters. The molecular weight excluding hydrogens is 204 g/mol. The van der Waals surface area contributed by atoms with Gasteiger partial charge in [-0.3, -0.25) is 0 Å². The van der Waals surface area contributed by atoms with Crippen LogP contribution < -0.4 is 0 Å². The predicted molar refractivity (Wildman–Crippen MR) is 68.4 cm³/mol. The van der Waals surface area contributed by atoms with Crippen LogP contribution in [0.1, 0.15) is 53.4 Å². The van der Waals surface area contributed by atoms with Crippen LogP contribution in [0.3, 0.4) is 0 Å². The highest BCUT2D eigenvalue weighted by atomic mass is 28.4. The number of unbranched alkanes of at least 4 members (excludes halogenated alkanes) is 3. The zero-order valence-corrected chi connectivity index (χ0v) is 12.4. The van der Waals surface area contributed by atoms with Gasteiger partial charge in [0.05, 0.1) is 0 Å². The summed E-state index contributed by atoms with van der Waals surface area (Å²) in [5, 5.41) is 0.155. The standard InChI is InChI=1S/C12H28O2Si/c1-7-8-9-10-11-15(13-5,14-6)12(2,3)4/h7-11H2,1-6H3. The summed E-state index contributed by atoms with van der Waals surface area (Å²) in [6, 6.07) is 1.11. The lowest BCUT2D eigenvalue weighted by Crippen LogP contribution is -2.48. The Bertz CT molecular complexity index is 159. The Morgan fingerprint density at radius 1 is 0.933 bits per heavy atom. The normalized spacial score (nSPS) is 13.2. The Labute approximate surface area is 96.6 Å². The van der Waals surface area contributed by atoms with Gasteiger partial charge in [0.25, 0.3) is 0 Å². The molecule has 2 nitrogen and oxygen atoms in total. The SMILES string of the molecule is CCCCCC[Si](OC)(OC)C(C)(C)C. The third-order valence-corrected chi connectivity index (χ3v) is 7.78. The molecule has 0 saturated carbocycles. The van der Waals surface area contributed by atoms with E-state index >= 15 is 0 Å². The number of hydrogen-bond acceptors (Lipinski definition) is 2. The van der Waals surface area contributed by atoms with Crippen molar-refractivity contribution in [2.75, 3.05) is 14.2 Å². The molecule has 92 valence electrons. The summed E-state index contributed by atoms with van der Waals surface area (Å²) in [4.78, 5) is 0. The van der Waals surface area contributed by atoms with Crippen LogP contribution in [0.25, 0.3) is 0 Å². The van der Waals surface area contributed by atoms with Crippen LogP contribution in [0.4, 0.5) is 0 Å². The van der Waals surface area contributed by atoms with E-state index in [4.69, 9.17) is 8.85 Å². The molecule has 0 aliphatic carbocycles. The first-order chi connectivity index (χ1) is 6.93. The van der Waals surface area contributed by atoms with E-state index in [0.29, 0.717) is 0 Å². The second-order valence-corrected chi connectivity index (χ2v) is 9.54. The van der Waals surface area contributed by atoms with Crippen molar-refractivity contribution in [1.82, 2.24) is 0 Å². The minimum Gasteiger partial charge on any atom is -0.397 e. The van der Waals surface area contributed by atoms with Crippen LogP contribution in [0.5, 0.6) is 0 Å². The minimum absolute atomic E-state index is 0.155. The van der Waals surface area contributed by atoms with Gasteiger partial charge >= 0.3 is 8.56 Å². The lowest BCUT2D eigenvalue weighted by Gasteiger charge is -2.38. The van der Waals surface area contributed by atoms with E-state index < -0.39 is 8.56 Å². The zero-order valence-electron chi connectivity index (χ0n) is 11.4. The molecule has 15 heavy (non-hydrogen) atoms. The van der Waals surface area contributed by atoms with E-state index in [1.54, 1.807) is 14.2 Å². The van der Waals surface area contributed by atoms with Crippen LogP contribution in [-0.4, -0.2) is 22.8 Å². The Morgan fingerprint density at radius 3 is 1.80 bits per heavy atom. The van der Waals surface area contributed by atoms with Crippen molar-refractivity contribution in [2.24, 2.45) is 0 Å². The van der Waals surface area contributed by atoms with Crippen LogP contribution in [-0.2, 0) is 8.85 Å². The van der Waals surface area contributed by atoms with E-state index in [1.807, 2.05) is 0 Å². The van der Waals surface area contributed by atoms with Gasteiger partial charge in [0, 0.05) is 19.3 Å². The third-order valence-electron chi connectivity index (χ3n) is 3.16. The third kappa shape index (κ3) is 4.25. The van der Waals surface area contributed by atoms with Gasteiger partial charge in [-0.1, -0.05) is 53.4 Å². The summed E-state index contributed by atoms with van der Waals surface area (Å²) < 4.78 is 11.5. The molecule has 0 N–H and O–H groups in total. The van der Waals surface area contributed by atoms with E-state index in [2.05, 4.69) is 27.7 Å². The average Bonchev–Trinajstić information content (AvgIpc) is 2.17. The molecule has 0 aromatic carbocycles. The Hall–Kier alpha value is 0.137. The molecule has 0 aliphatic rings. The van der Waals surface area contributed by atoms with Crippen molar-refractivity contribution in [3.8, 4) is 0 Å². The fourth-order valence-corrected chi connectivity index (χ4v) is 5.32. The molecule has 0 spiro atoms. The van der Waals surface area contributed by atoms with Gasteiger partial charge in [0.15, 0.2) is 0 Å². The number of rotatable bonds is 7. The number of hydrogen-bond donors (Lipinski definition) is 0. The van der Waals surface area contributed by atoms with Crippen molar-refractivity contribution >= 4 is 8.56 Å². The second-order valence-electron chi connectivity index (χ2n) is 5.22. The fraction of sp³-hybridized carbons (Fsp3) is 1.00. The van der Waals surface area contributed by atoms with E-state index in [9.17, 15) is 0 Å². The quantitative estimate of drug-likeness (QED) is 0.486. The second kappa shape index (κ2) is 6.66. The smallest absolute Gasteiger partial charge is 0.343 e. The van der Waals surface area contributed by atoms with Crippen molar-refractivity contribution in [3.05, 3.63) is 0 Å². The van der Waals surface area contributed by atoms with Crippen LogP contribution in [0.2, 0.25) is 11.1 Å². The molecule has 0 aromatic rings. The highest BCUT2D eigenvalue weighted by Crippen LogP contribution is 2.40. The Kier molecular flexibility index (Phi) is 6.72. The summed E-state index contributed by atoms with van der Waals surface area (Å²) in [6.07, 6.45) is 5.14. The van der Waals surface area contributed by atoms with Gasteiger partial charge in [-0.15, -0.1) is 0 Å². The van der Waals surface area contributed by atoms with Gasteiger partial charge in [-0.2, -0.15) is 0 Å². The summed E-state index contributed by atoms with van der Waals surface area (Å²) >= 11 is 0. The Balaban J connectivity index is 4.26. The topological polar surface area (TPSA) is 18.5 Å². The summed E-state index contributed by atoms with van der Waals surface area (Å²) in [6.45, 7) is 8.92. The molecular formula is C12H28O2Si. The van der Waals surface area contributed by atoms with Gasteiger partial charge in [-0.25, -0.2) is 0 Å². The predicted octanol–water partition coefficient (Wildman–Crippen LogP) is 4.10. The van der Waals surface area contributed by atoms with Crippen molar-refractivity contribution < 1.29 is 8.85 Å². The van der Waals surface area contributed by atoms with E-state index in [1.165, 1.54) is 25.7 Å². The van der Waals surface area contributed by atoms with Crippen LogP contribution >= 0.6 is 0 Å². The van der Waals surface area contributed by atoms with Gasteiger partial charge in [-0.05, 0) is 6.04 Å². The first kappa shape index (κ1) is 15.1. The zero-order chi connectivity index (χ0) is 11.9. The summed E-state index contributed by atoms with van der Waals surface area (Å²) in [7, 11) is 1.62. The summed E-state index contributed by atoms with van der Waals surface area (Å²) in [5.74, 6) is 0. The molecule has 0 fully saturated rings. The Morgan fingerprint density at radius 2 is 1.47 bits per heavy atom. The van der Waals surface area contributed by atoms with Crippen molar-refractivity contribution in [3.63, 3.8) is 0 Å². The van der Waals surface area contributed by atoms with Crippen molar-refractivity contribution in [1.29, 1.82) is 0 Å². The molecule has 0 aromatic heterocycles. The fourth-order valence-electron chi connectivity index (χ4n) is 2.06. The molecule has 3 heteroatoms. The van der Waals surface area contributed by atoms with Gasteiger partial charge in [0.2, 0.25) is 0 Å². The molecule has 0 bridgehead atoms.